The molecule has 0 aliphatic heterocycles. The molecule has 30 heavy (non-hydrogen) atoms. The van der Waals surface area contributed by atoms with Gasteiger partial charge in [-0.3, -0.25) is 4.79 Å². The molecule has 0 bridgehead atoms. The number of fused-ring (bicyclic) bond motifs is 3. The fourth-order valence-corrected chi connectivity index (χ4v) is 5.36. The second-order valence-corrected chi connectivity index (χ2v) is 13.4. The Bertz CT molecular complexity index is 1210. The summed E-state index contributed by atoms with van der Waals surface area (Å²) in [6.07, 6.45) is 0. The Balaban J connectivity index is 1.90. The number of rotatable bonds is 3. The molecule has 0 unspecified atom stereocenters. The molecule has 0 amide bonds. The van der Waals surface area contributed by atoms with E-state index in [2.05, 4.69) is 43.6 Å². The summed E-state index contributed by atoms with van der Waals surface area (Å²) in [5.74, 6) is 8.13. The van der Waals surface area contributed by atoms with Gasteiger partial charge in [0.05, 0.1) is 22.3 Å². The van der Waals surface area contributed by atoms with Gasteiger partial charge in [-0.2, -0.15) is 0 Å². The molecule has 0 spiro atoms. The van der Waals surface area contributed by atoms with E-state index in [0.29, 0.717) is 11.3 Å². The van der Waals surface area contributed by atoms with Crippen LogP contribution in [0, 0.1) is 11.8 Å². The SMILES string of the molecule is COc1ccc(C#Cc2c([Si](C)(C)C)ccc3c2C(=O)c2cc(OC)ccc2-3)cc1. The smallest absolute Gasteiger partial charge is 0.195 e. The molecule has 3 aromatic rings. The number of ketones is 1. The largest absolute Gasteiger partial charge is 0.497 e. The van der Waals surface area contributed by atoms with Crippen molar-refractivity contribution in [3.05, 3.63) is 76.9 Å². The van der Waals surface area contributed by atoms with Gasteiger partial charge < -0.3 is 9.47 Å². The first-order chi connectivity index (χ1) is 14.3. The van der Waals surface area contributed by atoms with E-state index in [1.165, 1.54) is 5.19 Å². The number of benzene rings is 3. The first-order valence-electron chi connectivity index (χ1n) is 9.90. The highest BCUT2D eigenvalue weighted by molar-refractivity contribution is 6.89. The molecule has 1 aliphatic carbocycles. The Morgan fingerprint density at radius 1 is 0.733 bits per heavy atom. The molecule has 1 aliphatic rings. The third kappa shape index (κ3) is 3.42. The maximum absolute atomic E-state index is 13.4. The van der Waals surface area contributed by atoms with Crippen LogP contribution in [-0.2, 0) is 0 Å². The molecule has 4 rings (SSSR count). The van der Waals surface area contributed by atoms with Crippen molar-refractivity contribution in [1.82, 2.24) is 0 Å². The Labute approximate surface area is 178 Å². The lowest BCUT2D eigenvalue weighted by Crippen LogP contribution is -2.40. The molecule has 0 saturated carbocycles. The lowest BCUT2D eigenvalue weighted by Gasteiger charge is -2.20. The predicted octanol–water partition coefficient (Wildman–Crippen LogP) is 4.86. The van der Waals surface area contributed by atoms with Crippen LogP contribution in [0.2, 0.25) is 19.6 Å². The third-order valence-electron chi connectivity index (χ3n) is 5.42. The molecule has 0 atom stereocenters. The maximum Gasteiger partial charge on any atom is 0.195 e. The number of carbonyl (C=O) groups excluding carboxylic acids is 1. The van der Waals surface area contributed by atoms with E-state index in [1.54, 1.807) is 14.2 Å². The summed E-state index contributed by atoms with van der Waals surface area (Å²) >= 11 is 0. The van der Waals surface area contributed by atoms with Crippen molar-refractivity contribution in [3.63, 3.8) is 0 Å². The monoisotopic (exact) mass is 412 g/mol. The summed E-state index contributed by atoms with van der Waals surface area (Å²) in [6.45, 7) is 6.84. The van der Waals surface area contributed by atoms with Crippen molar-refractivity contribution < 1.29 is 14.3 Å². The van der Waals surface area contributed by atoms with Crippen LogP contribution in [0.1, 0.15) is 27.0 Å². The number of carbonyl (C=O) groups is 1. The minimum absolute atomic E-state index is 0.0260. The van der Waals surface area contributed by atoms with Crippen LogP contribution in [-0.4, -0.2) is 28.1 Å². The Morgan fingerprint density at radius 2 is 1.37 bits per heavy atom. The van der Waals surface area contributed by atoms with Crippen LogP contribution in [0.15, 0.2) is 54.6 Å². The molecule has 150 valence electrons. The Morgan fingerprint density at radius 3 is 2.00 bits per heavy atom. The molecular weight excluding hydrogens is 388 g/mol. The lowest BCUT2D eigenvalue weighted by atomic mass is 10.0. The number of methoxy groups -OCH3 is 2. The highest BCUT2D eigenvalue weighted by atomic mass is 28.3. The van der Waals surface area contributed by atoms with Crippen LogP contribution in [0.25, 0.3) is 11.1 Å². The topological polar surface area (TPSA) is 35.5 Å². The molecule has 0 radical (unpaired) electrons. The van der Waals surface area contributed by atoms with Crippen molar-refractivity contribution >= 4 is 19.0 Å². The van der Waals surface area contributed by atoms with Gasteiger partial charge in [0.1, 0.15) is 11.5 Å². The second kappa shape index (κ2) is 7.51. The van der Waals surface area contributed by atoms with Crippen LogP contribution in [0.3, 0.4) is 0 Å². The average Bonchev–Trinajstić information content (AvgIpc) is 3.03. The van der Waals surface area contributed by atoms with Gasteiger partial charge in [-0.25, -0.2) is 0 Å². The van der Waals surface area contributed by atoms with Crippen molar-refractivity contribution in [1.29, 1.82) is 0 Å². The van der Waals surface area contributed by atoms with E-state index < -0.39 is 8.07 Å². The van der Waals surface area contributed by atoms with Gasteiger partial charge in [0.2, 0.25) is 0 Å². The molecule has 0 fully saturated rings. The molecule has 0 heterocycles. The molecule has 3 nitrogen and oxygen atoms in total. The van der Waals surface area contributed by atoms with Crippen molar-refractivity contribution in [3.8, 4) is 34.5 Å². The molecule has 0 saturated heterocycles. The van der Waals surface area contributed by atoms with Gasteiger partial charge in [0.25, 0.3) is 0 Å². The van der Waals surface area contributed by atoms with Crippen LogP contribution in [0.5, 0.6) is 11.5 Å². The summed E-state index contributed by atoms with van der Waals surface area (Å²) in [5, 5.41) is 1.20. The summed E-state index contributed by atoms with van der Waals surface area (Å²) in [6, 6.07) is 17.6. The minimum Gasteiger partial charge on any atom is -0.497 e. The van der Waals surface area contributed by atoms with Gasteiger partial charge in [-0.05, 0) is 58.8 Å². The standard InChI is InChI=1S/C26H24O3Si/c1-28-18-9-6-17(7-10-18)8-12-22-24(30(3,4)5)15-14-21-20-13-11-19(29-2)16-23(20)26(27)25(21)22/h6-7,9-11,13-16H,1-5H3. The van der Waals surface area contributed by atoms with E-state index in [9.17, 15) is 4.79 Å². The molecule has 0 aromatic heterocycles. The highest BCUT2D eigenvalue weighted by Crippen LogP contribution is 2.39. The van der Waals surface area contributed by atoms with E-state index in [-0.39, 0.29) is 5.78 Å². The zero-order chi connectivity index (χ0) is 21.5. The number of hydrogen-bond donors (Lipinski definition) is 0. The van der Waals surface area contributed by atoms with Gasteiger partial charge in [0, 0.05) is 22.3 Å². The Kier molecular flexibility index (Phi) is 5.01. The quantitative estimate of drug-likeness (QED) is 0.356. The molecule has 0 N–H and O–H groups in total. The fraction of sp³-hybridized carbons (Fsp3) is 0.192. The maximum atomic E-state index is 13.4. The van der Waals surface area contributed by atoms with Crippen molar-refractivity contribution in [2.75, 3.05) is 14.2 Å². The molecule has 4 heteroatoms. The number of ether oxygens (including phenoxy) is 2. The first kappa shape index (κ1) is 20.0. The van der Waals surface area contributed by atoms with E-state index in [0.717, 1.165) is 33.6 Å². The zero-order valence-corrected chi connectivity index (χ0v) is 18.9. The van der Waals surface area contributed by atoms with Crippen LogP contribution >= 0.6 is 0 Å². The van der Waals surface area contributed by atoms with E-state index >= 15 is 0 Å². The molecular formula is C26H24O3Si. The summed E-state index contributed by atoms with van der Waals surface area (Å²) in [7, 11) is 1.54. The second-order valence-electron chi connectivity index (χ2n) is 8.38. The minimum atomic E-state index is -1.72. The van der Waals surface area contributed by atoms with Crippen LogP contribution in [0.4, 0.5) is 0 Å². The normalized spacial score (nSPS) is 12.0. The van der Waals surface area contributed by atoms with Gasteiger partial charge in [-0.1, -0.05) is 43.6 Å². The predicted molar refractivity (Wildman–Crippen MR) is 124 cm³/mol. The van der Waals surface area contributed by atoms with Crippen molar-refractivity contribution in [2.45, 2.75) is 19.6 Å². The number of hydrogen-bond acceptors (Lipinski definition) is 3. The zero-order valence-electron chi connectivity index (χ0n) is 17.9. The van der Waals surface area contributed by atoms with Gasteiger partial charge >= 0.3 is 0 Å². The van der Waals surface area contributed by atoms with Gasteiger partial charge in [-0.15, -0.1) is 0 Å². The molecule has 3 aromatic carbocycles. The van der Waals surface area contributed by atoms with E-state index in [1.807, 2.05) is 42.5 Å². The Hall–Kier alpha value is -3.29. The average molecular weight is 413 g/mol. The summed E-state index contributed by atoms with van der Waals surface area (Å²) < 4.78 is 10.6. The van der Waals surface area contributed by atoms with Gasteiger partial charge in [0.15, 0.2) is 5.78 Å². The van der Waals surface area contributed by atoms with Crippen molar-refractivity contribution in [2.24, 2.45) is 0 Å². The summed E-state index contributed by atoms with van der Waals surface area (Å²) in [4.78, 5) is 13.4. The summed E-state index contributed by atoms with van der Waals surface area (Å²) in [5.41, 5.74) is 5.06. The fourth-order valence-electron chi connectivity index (χ4n) is 3.83. The third-order valence-corrected chi connectivity index (χ3v) is 7.46. The first-order valence-corrected chi connectivity index (χ1v) is 13.4. The highest BCUT2D eigenvalue weighted by Gasteiger charge is 2.33. The van der Waals surface area contributed by atoms with Crippen LogP contribution < -0.4 is 14.7 Å². The lowest BCUT2D eigenvalue weighted by molar-refractivity contribution is 0.104. The van der Waals surface area contributed by atoms with E-state index in [4.69, 9.17) is 9.47 Å².